The number of ether oxygens (including phenoxy) is 1. The summed E-state index contributed by atoms with van der Waals surface area (Å²) in [6.07, 6.45) is 1.52. The molecule has 7 nitrogen and oxygen atoms in total. The Labute approximate surface area is 207 Å². The summed E-state index contributed by atoms with van der Waals surface area (Å²) in [6.45, 7) is 4.02. The Morgan fingerprint density at radius 3 is 2.68 bits per heavy atom. The van der Waals surface area contributed by atoms with Gasteiger partial charge in [-0.05, 0) is 31.0 Å². The highest BCUT2D eigenvalue weighted by Gasteiger charge is 2.19. The summed E-state index contributed by atoms with van der Waals surface area (Å²) in [7, 11) is 1.66. The summed E-state index contributed by atoms with van der Waals surface area (Å²) in [5, 5.41) is 15.4. The van der Waals surface area contributed by atoms with Gasteiger partial charge in [0.2, 0.25) is 0 Å². The number of thioether (sulfide) groups is 1. The SMILES string of the molecule is CCC(C)NC(=O)c1csc(CSc2nnc(Cc3ccccc3)n2-c2ccccc2OC)n1. The molecular formula is C25H27N5O2S2. The lowest BCUT2D eigenvalue weighted by Crippen LogP contribution is -2.32. The Morgan fingerprint density at radius 2 is 1.91 bits per heavy atom. The minimum Gasteiger partial charge on any atom is -0.495 e. The van der Waals surface area contributed by atoms with Crippen LogP contribution in [0.25, 0.3) is 5.69 Å². The second kappa shape index (κ2) is 11.3. The fourth-order valence-corrected chi connectivity index (χ4v) is 5.11. The number of methoxy groups -OCH3 is 1. The van der Waals surface area contributed by atoms with Crippen molar-refractivity contribution in [3.63, 3.8) is 0 Å². The molecule has 0 saturated carbocycles. The molecule has 4 aromatic rings. The molecule has 1 unspecified atom stereocenters. The van der Waals surface area contributed by atoms with Gasteiger partial charge in [0, 0.05) is 17.8 Å². The third-order valence-electron chi connectivity index (χ3n) is 5.33. The van der Waals surface area contributed by atoms with E-state index in [0.717, 1.165) is 39.4 Å². The van der Waals surface area contributed by atoms with Gasteiger partial charge in [0.05, 0.1) is 18.6 Å². The van der Waals surface area contributed by atoms with Gasteiger partial charge in [-0.15, -0.1) is 21.5 Å². The number of hydrogen-bond acceptors (Lipinski definition) is 7. The van der Waals surface area contributed by atoms with Gasteiger partial charge in [0.1, 0.15) is 22.3 Å². The smallest absolute Gasteiger partial charge is 0.270 e. The fraction of sp³-hybridized carbons (Fsp3) is 0.280. The van der Waals surface area contributed by atoms with E-state index in [4.69, 9.17) is 4.74 Å². The monoisotopic (exact) mass is 493 g/mol. The van der Waals surface area contributed by atoms with Crippen LogP contribution in [-0.2, 0) is 12.2 Å². The molecule has 4 rings (SSSR count). The van der Waals surface area contributed by atoms with Crippen molar-refractivity contribution in [2.45, 2.75) is 43.6 Å². The number of hydrogen-bond donors (Lipinski definition) is 1. The molecule has 1 N–H and O–H groups in total. The van der Waals surface area contributed by atoms with Gasteiger partial charge < -0.3 is 10.1 Å². The van der Waals surface area contributed by atoms with Gasteiger partial charge >= 0.3 is 0 Å². The number of amides is 1. The Bertz CT molecular complexity index is 1240. The largest absolute Gasteiger partial charge is 0.495 e. The molecule has 0 aliphatic heterocycles. The first kappa shape index (κ1) is 24.0. The van der Waals surface area contributed by atoms with Gasteiger partial charge in [-0.25, -0.2) is 4.98 Å². The van der Waals surface area contributed by atoms with Crippen molar-refractivity contribution in [3.8, 4) is 11.4 Å². The van der Waals surface area contributed by atoms with Crippen LogP contribution in [0.1, 0.15) is 47.2 Å². The third kappa shape index (κ3) is 5.66. The van der Waals surface area contributed by atoms with Crippen LogP contribution in [-0.4, -0.2) is 38.8 Å². The molecule has 2 heterocycles. The summed E-state index contributed by atoms with van der Waals surface area (Å²) in [5.74, 6) is 2.02. The van der Waals surface area contributed by atoms with Gasteiger partial charge in [-0.3, -0.25) is 9.36 Å². The zero-order valence-electron chi connectivity index (χ0n) is 19.4. The van der Waals surface area contributed by atoms with Crippen LogP contribution in [0.3, 0.4) is 0 Å². The van der Waals surface area contributed by atoms with E-state index in [1.165, 1.54) is 23.1 Å². The Balaban J connectivity index is 1.58. The second-order valence-electron chi connectivity index (χ2n) is 7.77. The number of para-hydroxylation sites is 2. The molecule has 0 saturated heterocycles. The van der Waals surface area contributed by atoms with Crippen molar-refractivity contribution in [1.82, 2.24) is 25.1 Å². The van der Waals surface area contributed by atoms with Gasteiger partial charge in [-0.2, -0.15) is 0 Å². The summed E-state index contributed by atoms with van der Waals surface area (Å²) < 4.78 is 7.66. The average Bonchev–Trinajstić information content (AvgIpc) is 3.50. The predicted octanol–water partition coefficient (Wildman–Crippen LogP) is 5.14. The quantitative estimate of drug-likeness (QED) is 0.308. The number of rotatable bonds is 10. The Kier molecular flexibility index (Phi) is 7.97. The van der Waals surface area contributed by atoms with Gasteiger partial charge in [0.15, 0.2) is 5.16 Å². The topological polar surface area (TPSA) is 81.9 Å². The first-order valence-electron chi connectivity index (χ1n) is 11.1. The van der Waals surface area contributed by atoms with Crippen LogP contribution in [0.4, 0.5) is 0 Å². The number of carbonyl (C=O) groups excluding carboxylic acids is 1. The van der Waals surface area contributed by atoms with Crippen LogP contribution >= 0.6 is 23.1 Å². The first-order valence-corrected chi connectivity index (χ1v) is 12.9. The highest BCUT2D eigenvalue weighted by atomic mass is 32.2. The van der Waals surface area contributed by atoms with E-state index in [1.807, 2.05) is 60.9 Å². The van der Waals surface area contributed by atoms with Crippen molar-refractivity contribution < 1.29 is 9.53 Å². The van der Waals surface area contributed by atoms with E-state index in [-0.39, 0.29) is 11.9 Å². The van der Waals surface area contributed by atoms with Crippen molar-refractivity contribution in [1.29, 1.82) is 0 Å². The number of aromatic nitrogens is 4. The van der Waals surface area contributed by atoms with Crippen LogP contribution < -0.4 is 10.1 Å². The van der Waals surface area contributed by atoms with Crippen LogP contribution in [0.5, 0.6) is 5.75 Å². The highest BCUT2D eigenvalue weighted by Crippen LogP contribution is 2.31. The Morgan fingerprint density at radius 1 is 1.15 bits per heavy atom. The number of carbonyl (C=O) groups is 1. The molecule has 2 aromatic heterocycles. The molecule has 1 amide bonds. The van der Waals surface area contributed by atoms with E-state index < -0.39 is 0 Å². The number of nitrogens with one attached hydrogen (secondary N) is 1. The molecule has 0 fully saturated rings. The van der Waals surface area contributed by atoms with E-state index in [2.05, 4.69) is 32.6 Å². The third-order valence-corrected chi connectivity index (χ3v) is 7.30. The van der Waals surface area contributed by atoms with E-state index in [9.17, 15) is 4.79 Å². The van der Waals surface area contributed by atoms with Crippen LogP contribution in [0, 0.1) is 0 Å². The van der Waals surface area contributed by atoms with Crippen LogP contribution in [0.15, 0.2) is 65.1 Å². The lowest BCUT2D eigenvalue weighted by Gasteiger charge is -2.13. The number of thiazole rings is 1. The minimum absolute atomic E-state index is 0.120. The second-order valence-corrected chi connectivity index (χ2v) is 9.65. The zero-order valence-corrected chi connectivity index (χ0v) is 21.0. The minimum atomic E-state index is -0.135. The maximum Gasteiger partial charge on any atom is 0.270 e. The van der Waals surface area contributed by atoms with Crippen molar-refractivity contribution >= 4 is 29.0 Å². The van der Waals surface area contributed by atoms with Gasteiger partial charge in [-0.1, -0.05) is 61.2 Å². The molecular weight excluding hydrogens is 466 g/mol. The number of benzene rings is 2. The maximum absolute atomic E-state index is 12.4. The molecule has 34 heavy (non-hydrogen) atoms. The zero-order chi connectivity index (χ0) is 23.9. The van der Waals surface area contributed by atoms with E-state index >= 15 is 0 Å². The maximum atomic E-state index is 12.4. The van der Waals surface area contributed by atoms with Crippen molar-refractivity contribution in [2.24, 2.45) is 0 Å². The van der Waals surface area contributed by atoms with Crippen LogP contribution in [0.2, 0.25) is 0 Å². The standard InChI is InChI=1S/C25H27N5O2S2/c1-4-17(2)26-24(31)19-15-33-23(27-19)16-34-25-29-28-22(14-18-10-6-5-7-11-18)30(25)20-12-8-9-13-21(20)32-3/h5-13,15,17H,4,14,16H2,1-3H3,(H,26,31). The molecule has 0 radical (unpaired) electrons. The summed E-state index contributed by atoms with van der Waals surface area (Å²) in [5.41, 5.74) is 2.49. The molecule has 0 spiro atoms. The van der Waals surface area contributed by atoms with E-state index in [1.54, 1.807) is 12.5 Å². The highest BCUT2D eigenvalue weighted by molar-refractivity contribution is 7.98. The molecule has 9 heteroatoms. The predicted molar refractivity (Wildman–Crippen MR) is 136 cm³/mol. The van der Waals surface area contributed by atoms with Crippen molar-refractivity contribution in [2.75, 3.05) is 7.11 Å². The molecule has 176 valence electrons. The molecule has 0 aliphatic carbocycles. The first-order chi connectivity index (χ1) is 16.6. The molecule has 2 aromatic carbocycles. The average molecular weight is 494 g/mol. The Hall–Kier alpha value is -3.17. The molecule has 1 atom stereocenters. The van der Waals surface area contributed by atoms with E-state index in [0.29, 0.717) is 17.9 Å². The molecule has 0 bridgehead atoms. The molecule has 0 aliphatic rings. The summed E-state index contributed by atoms with van der Waals surface area (Å²) in [4.78, 5) is 16.9. The summed E-state index contributed by atoms with van der Waals surface area (Å²) >= 11 is 3.01. The summed E-state index contributed by atoms with van der Waals surface area (Å²) in [6, 6.07) is 18.2. The number of nitrogens with zero attached hydrogens (tertiary/aromatic N) is 4. The fourth-order valence-electron chi connectivity index (χ4n) is 3.35. The van der Waals surface area contributed by atoms with Crippen molar-refractivity contribution in [3.05, 3.63) is 82.1 Å². The normalized spacial score (nSPS) is 11.9. The lowest BCUT2D eigenvalue weighted by atomic mass is 10.1. The van der Waals surface area contributed by atoms with Gasteiger partial charge in [0.25, 0.3) is 5.91 Å². The lowest BCUT2D eigenvalue weighted by molar-refractivity contribution is 0.0935.